The zero-order chi connectivity index (χ0) is 14.3. The van der Waals surface area contributed by atoms with Gasteiger partial charge in [-0.1, -0.05) is 13.0 Å². The summed E-state index contributed by atoms with van der Waals surface area (Å²) in [6.45, 7) is 2.73. The number of para-hydroxylation sites is 1. The Morgan fingerprint density at radius 1 is 1.47 bits per heavy atom. The number of nitrogens with two attached hydrogens (primary N) is 1. The van der Waals surface area contributed by atoms with E-state index in [4.69, 9.17) is 10.9 Å². The third-order valence-corrected chi connectivity index (χ3v) is 2.87. The van der Waals surface area contributed by atoms with Crippen LogP contribution in [0.4, 0.5) is 17.1 Å². The molecule has 1 aromatic carbocycles. The predicted octanol–water partition coefficient (Wildman–Crippen LogP) is 1.70. The summed E-state index contributed by atoms with van der Waals surface area (Å²) < 4.78 is 0. The summed E-state index contributed by atoms with van der Waals surface area (Å²) in [7, 11) is 0. The number of aliphatic hydroxyl groups excluding tert-OH is 1. The topological polar surface area (TPSA) is 113 Å². The number of hydrogen-bond acceptors (Lipinski definition) is 6. The first-order valence-electron chi connectivity index (χ1n) is 6.19. The first-order chi connectivity index (χ1) is 9.10. The van der Waals surface area contributed by atoms with Crippen molar-refractivity contribution < 1.29 is 10.0 Å². The Bertz CT molecular complexity index is 425. The van der Waals surface area contributed by atoms with E-state index >= 15 is 0 Å². The number of hydrazine groups is 1. The van der Waals surface area contributed by atoms with Gasteiger partial charge >= 0.3 is 5.69 Å². The molecule has 0 saturated heterocycles. The SMILES string of the molecule is CC(CO)CCCNc1cccc(NN)c1[N+](=O)[O-]. The van der Waals surface area contributed by atoms with Crippen LogP contribution in [0.25, 0.3) is 0 Å². The van der Waals surface area contributed by atoms with Crippen LogP contribution in [0.2, 0.25) is 0 Å². The van der Waals surface area contributed by atoms with Crippen LogP contribution in [-0.4, -0.2) is 23.2 Å². The molecule has 1 unspecified atom stereocenters. The molecule has 1 atom stereocenters. The third kappa shape index (κ3) is 4.38. The Hall–Kier alpha value is -1.86. The molecule has 7 nitrogen and oxygen atoms in total. The van der Waals surface area contributed by atoms with Gasteiger partial charge in [0.1, 0.15) is 11.4 Å². The molecule has 0 bridgehead atoms. The molecule has 5 N–H and O–H groups in total. The quantitative estimate of drug-likeness (QED) is 0.247. The van der Waals surface area contributed by atoms with Gasteiger partial charge in [0.25, 0.3) is 0 Å². The van der Waals surface area contributed by atoms with Gasteiger partial charge in [0.05, 0.1) is 4.92 Å². The number of nitro groups is 1. The van der Waals surface area contributed by atoms with Gasteiger partial charge in [-0.2, -0.15) is 0 Å². The summed E-state index contributed by atoms with van der Waals surface area (Å²) in [5, 5.41) is 23.0. The van der Waals surface area contributed by atoms with Crippen molar-refractivity contribution in [2.24, 2.45) is 11.8 Å². The summed E-state index contributed by atoms with van der Waals surface area (Å²) in [5.41, 5.74) is 2.98. The maximum atomic E-state index is 11.0. The maximum absolute atomic E-state index is 11.0. The van der Waals surface area contributed by atoms with E-state index in [9.17, 15) is 10.1 Å². The Morgan fingerprint density at radius 3 is 2.74 bits per heavy atom. The standard InChI is InChI=1S/C12H20N4O3/c1-9(8-17)4-3-7-14-10-5-2-6-11(15-13)12(10)16(18)19/h2,5-6,9,14-15,17H,3-4,7-8,13H2,1H3. The molecule has 0 amide bonds. The fourth-order valence-electron chi connectivity index (χ4n) is 1.76. The van der Waals surface area contributed by atoms with Gasteiger partial charge in [0.2, 0.25) is 0 Å². The number of nitrogens with zero attached hydrogens (tertiary/aromatic N) is 1. The highest BCUT2D eigenvalue weighted by molar-refractivity contribution is 5.75. The highest BCUT2D eigenvalue weighted by Crippen LogP contribution is 2.32. The van der Waals surface area contributed by atoms with Crippen molar-refractivity contribution in [3.05, 3.63) is 28.3 Å². The van der Waals surface area contributed by atoms with Gasteiger partial charge in [-0.3, -0.25) is 16.0 Å². The van der Waals surface area contributed by atoms with Gasteiger partial charge in [-0.05, 0) is 30.9 Å². The molecule has 0 aliphatic rings. The summed E-state index contributed by atoms with van der Waals surface area (Å²) in [4.78, 5) is 10.6. The molecule has 0 heterocycles. The molecular weight excluding hydrogens is 248 g/mol. The summed E-state index contributed by atoms with van der Waals surface area (Å²) in [6.07, 6.45) is 1.70. The fraction of sp³-hybridized carbons (Fsp3) is 0.500. The van der Waals surface area contributed by atoms with Crippen LogP contribution in [0.1, 0.15) is 19.8 Å². The van der Waals surface area contributed by atoms with Crippen LogP contribution < -0.4 is 16.6 Å². The molecule has 106 valence electrons. The molecule has 1 aromatic rings. The van der Waals surface area contributed by atoms with E-state index < -0.39 is 4.92 Å². The Kier molecular flexibility index (Phi) is 6.04. The minimum absolute atomic E-state index is 0.0554. The second kappa shape index (κ2) is 7.55. The average molecular weight is 268 g/mol. The molecule has 7 heteroatoms. The predicted molar refractivity (Wildman–Crippen MR) is 74.9 cm³/mol. The van der Waals surface area contributed by atoms with Crippen molar-refractivity contribution in [3.8, 4) is 0 Å². The van der Waals surface area contributed by atoms with Crippen molar-refractivity contribution in [1.82, 2.24) is 0 Å². The van der Waals surface area contributed by atoms with Crippen molar-refractivity contribution >= 4 is 17.1 Å². The normalized spacial score (nSPS) is 11.9. The van der Waals surface area contributed by atoms with Crippen LogP contribution in [-0.2, 0) is 0 Å². The Morgan fingerprint density at radius 2 is 2.16 bits per heavy atom. The largest absolute Gasteiger partial charge is 0.396 e. The van der Waals surface area contributed by atoms with Gasteiger partial charge in [-0.15, -0.1) is 0 Å². The van der Waals surface area contributed by atoms with Gasteiger partial charge < -0.3 is 15.8 Å². The lowest BCUT2D eigenvalue weighted by molar-refractivity contribution is -0.383. The first kappa shape index (κ1) is 15.2. The zero-order valence-corrected chi connectivity index (χ0v) is 10.9. The lowest BCUT2D eigenvalue weighted by Crippen LogP contribution is -2.12. The summed E-state index contributed by atoms with van der Waals surface area (Å²) in [6, 6.07) is 4.90. The Balaban J connectivity index is 2.65. The van der Waals surface area contributed by atoms with E-state index in [1.807, 2.05) is 6.92 Å². The number of anilines is 2. The van der Waals surface area contributed by atoms with E-state index in [0.717, 1.165) is 12.8 Å². The first-order valence-corrected chi connectivity index (χ1v) is 6.19. The third-order valence-electron chi connectivity index (χ3n) is 2.87. The number of aliphatic hydroxyl groups is 1. The number of nitrogens with one attached hydrogen (secondary N) is 2. The van der Waals surface area contributed by atoms with E-state index in [0.29, 0.717) is 12.2 Å². The van der Waals surface area contributed by atoms with Crippen LogP contribution in [0, 0.1) is 16.0 Å². The van der Waals surface area contributed by atoms with E-state index in [1.54, 1.807) is 18.2 Å². The molecule has 0 saturated carbocycles. The maximum Gasteiger partial charge on any atom is 0.316 e. The van der Waals surface area contributed by atoms with E-state index in [-0.39, 0.29) is 23.9 Å². The van der Waals surface area contributed by atoms with E-state index in [2.05, 4.69) is 10.7 Å². The molecule has 0 fully saturated rings. The van der Waals surface area contributed by atoms with E-state index in [1.165, 1.54) is 0 Å². The smallest absolute Gasteiger partial charge is 0.316 e. The molecule has 0 aliphatic heterocycles. The monoisotopic (exact) mass is 268 g/mol. The van der Waals surface area contributed by atoms with Crippen molar-refractivity contribution in [1.29, 1.82) is 0 Å². The molecule has 0 spiro atoms. The molecular formula is C12H20N4O3. The number of nitro benzene ring substituents is 1. The van der Waals surface area contributed by atoms with Crippen LogP contribution in [0.5, 0.6) is 0 Å². The highest BCUT2D eigenvalue weighted by Gasteiger charge is 2.18. The molecule has 0 aromatic heterocycles. The minimum Gasteiger partial charge on any atom is -0.396 e. The number of nitrogen functional groups attached to an aromatic ring is 1. The van der Waals surface area contributed by atoms with Crippen LogP contribution in [0.3, 0.4) is 0 Å². The second-order valence-electron chi connectivity index (χ2n) is 4.46. The molecule has 0 radical (unpaired) electrons. The lowest BCUT2D eigenvalue weighted by Gasteiger charge is -2.11. The van der Waals surface area contributed by atoms with Crippen molar-refractivity contribution in [2.45, 2.75) is 19.8 Å². The zero-order valence-electron chi connectivity index (χ0n) is 10.9. The lowest BCUT2D eigenvalue weighted by atomic mass is 10.1. The van der Waals surface area contributed by atoms with Crippen LogP contribution in [0.15, 0.2) is 18.2 Å². The number of benzene rings is 1. The summed E-state index contributed by atoms with van der Waals surface area (Å²) in [5.74, 6) is 5.50. The Labute approximate surface area is 111 Å². The van der Waals surface area contributed by atoms with Crippen LogP contribution >= 0.6 is 0 Å². The fourth-order valence-corrected chi connectivity index (χ4v) is 1.76. The van der Waals surface area contributed by atoms with Crippen molar-refractivity contribution in [2.75, 3.05) is 23.9 Å². The number of hydrogen-bond donors (Lipinski definition) is 4. The average Bonchev–Trinajstić information content (AvgIpc) is 2.42. The number of rotatable bonds is 8. The molecule has 19 heavy (non-hydrogen) atoms. The minimum atomic E-state index is -0.464. The van der Waals surface area contributed by atoms with Gasteiger partial charge in [0.15, 0.2) is 0 Å². The highest BCUT2D eigenvalue weighted by atomic mass is 16.6. The van der Waals surface area contributed by atoms with Crippen molar-refractivity contribution in [3.63, 3.8) is 0 Å². The van der Waals surface area contributed by atoms with Gasteiger partial charge in [0, 0.05) is 13.2 Å². The second-order valence-corrected chi connectivity index (χ2v) is 4.46. The summed E-state index contributed by atoms with van der Waals surface area (Å²) >= 11 is 0. The van der Waals surface area contributed by atoms with Gasteiger partial charge in [-0.25, -0.2) is 0 Å². The molecule has 1 rings (SSSR count). The molecule has 0 aliphatic carbocycles.